The third-order valence-corrected chi connectivity index (χ3v) is 7.74. The minimum atomic E-state index is -4.17. The fraction of sp³-hybridized carbons (Fsp3) is 0.125. The number of aryl methyl sites for hydroxylation is 1. The monoisotopic (exact) mass is 513 g/mol. The van der Waals surface area contributed by atoms with E-state index in [2.05, 4.69) is 15.9 Å². The fourth-order valence-electron chi connectivity index (χ4n) is 3.66. The molecule has 0 aromatic heterocycles. The van der Waals surface area contributed by atoms with Crippen molar-refractivity contribution in [1.29, 1.82) is 0 Å². The number of sulfone groups is 1. The largest absolute Gasteiger partial charge is 0.502 e. The summed E-state index contributed by atoms with van der Waals surface area (Å²) in [5.41, 5.74) is 1.88. The molecule has 0 fully saturated rings. The maximum Gasteiger partial charge on any atom is 0.295 e. The Morgan fingerprint density at radius 3 is 2.09 bits per heavy atom. The van der Waals surface area contributed by atoms with Crippen LogP contribution < -0.4 is 9.64 Å². The maximum absolute atomic E-state index is 13.6. The normalized spacial score (nSPS) is 16.5. The molecule has 1 amide bonds. The van der Waals surface area contributed by atoms with Crippen molar-refractivity contribution in [3.05, 3.63) is 99.1 Å². The molecule has 6 nitrogen and oxygen atoms in total. The number of carbonyl (C=O) groups is 1. The zero-order chi connectivity index (χ0) is 23.0. The standard InChI is InChI=1S/C24H20BrNO5S/c1-15-3-13-20(14-4-15)32(29,30)23-21(16-5-11-19(31-2)12-6-16)26(24(28)22(23)27)18-9-7-17(25)8-10-18/h3-14,21,27H,1-2H3. The van der Waals surface area contributed by atoms with Crippen LogP contribution in [0.4, 0.5) is 5.69 Å². The van der Waals surface area contributed by atoms with Gasteiger partial charge in [-0.2, -0.15) is 0 Å². The zero-order valence-electron chi connectivity index (χ0n) is 17.3. The van der Waals surface area contributed by atoms with Gasteiger partial charge in [-0.05, 0) is 61.0 Å². The lowest BCUT2D eigenvalue weighted by atomic mass is 10.1. The predicted molar refractivity (Wildman–Crippen MR) is 125 cm³/mol. The van der Waals surface area contributed by atoms with E-state index in [1.165, 1.54) is 24.1 Å². The quantitative estimate of drug-likeness (QED) is 0.513. The number of rotatable bonds is 5. The highest BCUT2D eigenvalue weighted by Crippen LogP contribution is 2.45. The van der Waals surface area contributed by atoms with Crippen molar-refractivity contribution in [2.24, 2.45) is 0 Å². The first-order valence-corrected chi connectivity index (χ1v) is 12.0. The molecule has 1 heterocycles. The van der Waals surface area contributed by atoms with Crippen LogP contribution in [-0.2, 0) is 14.6 Å². The van der Waals surface area contributed by atoms with Gasteiger partial charge in [-0.15, -0.1) is 0 Å². The zero-order valence-corrected chi connectivity index (χ0v) is 19.7. The molecule has 1 atom stereocenters. The molecule has 8 heteroatoms. The van der Waals surface area contributed by atoms with Crippen molar-refractivity contribution in [3.63, 3.8) is 0 Å². The minimum absolute atomic E-state index is 0.00798. The summed E-state index contributed by atoms with van der Waals surface area (Å²) in [6, 6.07) is 18.9. The van der Waals surface area contributed by atoms with Crippen molar-refractivity contribution in [2.75, 3.05) is 12.0 Å². The minimum Gasteiger partial charge on any atom is -0.502 e. The molecule has 3 aromatic carbocycles. The molecular weight excluding hydrogens is 494 g/mol. The second kappa shape index (κ2) is 8.44. The van der Waals surface area contributed by atoms with Gasteiger partial charge in [0.2, 0.25) is 9.84 Å². The number of hydrogen-bond acceptors (Lipinski definition) is 5. The van der Waals surface area contributed by atoms with Crippen LogP contribution in [0.5, 0.6) is 5.75 Å². The van der Waals surface area contributed by atoms with Gasteiger partial charge >= 0.3 is 0 Å². The Bertz CT molecular complexity index is 1300. The van der Waals surface area contributed by atoms with Crippen molar-refractivity contribution >= 4 is 37.4 Å². The molecular formula is C24H20BrNO5S. The van der Waals surface area contributed by atoms with E-state index in [4.69, 9.17) is 4.74 Å². The van der Waals surface area contributed by atoms with Gasteiger partial charge in [-0.25, -0.2) is 8.42 Å². The molecule has 164 valence electrons. The lowest BCUT2D eigenvalue weighted by molar-refractivity contribution is -0.117. The van der Waals surface area contributed by atoms with Gasteiger partial charge in [-0.3, -0.25) is 9.69 Å². The molecule has 1 unspecified atom stereocenters. The molecule has 0 saturated heterocycles. The Kier molecular flexibility index (Phi) is 5.83. The average molecular weight is 514 g/mol. The average Bonchev–Trinajstić information content (AvgIpc) is 3.06. The van der Waals surface area contributed by atoms with Crippen LogP contribution >= 0.6 is 15.9 Å². The highest BCUT2D eigenvalue weighted by molar-refractivity contribution is 9.10. The number of carbonyl (C=O) groups excluding carboxylic acids is 1. The Hall–Kier alpha value is -3.10. The fourth-order valence-corrected chi connectivity index (χ4v) is 5.55. The van der Waals surface area contributed by atoms with Crippen LogP contribution in [0, 0.1) is 6.92 Å². The van der Waals surface area contributed by atoms with Crippen LogP contribution in [0.1, 0.15) is 17.2 Å². The van der Waals surface area contributed by atoms with Gasteiger partial charge in [0.1, 0.15) is 16.7 Å². The van der Waals surface area contributed by atoms with Crippen LogP contribution in [0.25, 0.3) is 0 Å². The van der Waals surface area contributed by atoms with E-state index in [-0.39, 0.29) is 9.80 Å². The molecule has 1 aliphatic heterocycles. The van der Waals surface area contributed by atoms with Crippen molar-refractivity contribution in [2.45, 2.75) is 17.9 Å². The van der Waals surface area contributed by atoms with E-state index in [1.807, 2.05) is 6.92 Å². The summed E-state index contributed by atoms with van der Waals surface area (Å²) in [5.74, 6) is -0.974. The number of amides is 1. The van der Waals surface area contributed by atoms with Gasteiger partial charge in [-0.1, -0.05) is 45.8 Å². The molecule has 0 saturated carbocycles. The molecule has 3 aromatic rings. The van der Waals surface area contributed by atoms with Crippen molar-refractivity contribution in [1.82, 2.24) is 0 Å². The predicted octanol–water partition coefficient (Wildman–Crippen LogP) is 5.10. The summed E-state index contributed by atoms with van der Waals surface area (Å²) < 4.78 is 33.2. The van der Waals surface area contributed by atoms with Gasteiger partial charge in [0, 0.05) is 10.2 Å². The first kappa shape index (κ1) is 22.1. The second-order valence-corrected chi connectivity index (χ2v) is 10.2. The van der Waals surface area contributed by atoms with Gasteiger partial charge in [0.25, 0.3) is 5.91 Å². The van der Waals surface area contributed by atoms with Gasteiger partial charge in [0.05, 0.1) is 12.0 Å². The van der Waals surface area contributed by atoms with E-state index in [1.54, 1.807) is 60.7 Å². The lowest BCUT2D eigenvalue weighted by Crippen LogP contribution is -2.31. The number of anilines is 1. The van der Waals surface area contributed by atoms with Crippen molar-refractivity contribution < 1.29 is 23.1 Å². The summed E-state index contributed by atoms with van der Waals surface area (Å²) >= 11 is 3.36. The van der Waals surface area contributed by atoms with Crippen molar-refractivity contribution in [3.8, 4) is 5.75 Å². The van der Waals surface area contributed by atoms with Crippen LogP contribution in [0.2, 0.25) is 0 Å². The van der Waals surface area contributed by atoms with E-state index in [0.717, 1.165) is 10.0 Å². The summed E-state index contributed by atoms with van der Waals surface area (Å²) in [7, 11) is -2.64. The number of ether oxygens (including phenoxy) is 1. The molecule has 0 radical (unpaired) electrons. The molecule has 0 bridgehead atoms. The number of hydrogen-bond donors (Lipinski definition) is 1. The van der Waals surface area contributed by atoms with Crippen LogP contribution in [-0.4, -0.2) is 26.5 Å². The van der Waals surface area contributed by atoms with Gasteiger partial charge < -0.3 is 9.84 Å². The first-order chi connectivity index (χ1) is 15.2. The SMILES string of the molecule is COc1ccc(C2C(S(=O)(=O)c3ccc(C)cc3)=C(O)C(=O)N2c2ccc(Br)cc2)cc1. The number of nitrogens with zero attached hydrogens (tertiary/aromatic N) is 1. The van der Waals surface area contributed by atoms with E-state index < -0.39 is 27.5 Å². The third kappa shape index (κ3) is 3.80. The topological polar surface area (TPSA) is 83.9 Å². The van der Waals surface area contributed by atoms with Gasteiger partial charge in [0.15, 0.2) is 5.76 Å². The number of benzene rings is 3. The Morgan fingerprint density at radius 1 is 0.938 bits per heavy atom. The highest BCUT2D eigenvalue weighted by Gasteiger charge is 2.47. The molecule has 0 spiro atoms. The summed E-state index contributed by atoms with van der Waals surface area (Å²) in [6.45, 7) is 1.85. The van der Waals surface area contributed by atoms with E-state index in [0.29, 0.717) is 17.0 Å². The van der Waals surface area contributed by atoms with Crippen LogP contribution in [0.15, 0.2) is 92.8 Å². The second-order valence-electron chi connectivity index (χ2n) is 7.36. The number of halogens is 1. The Balaban J connectivity index is 1.92. The summed E-state index contributed by atoms with van der Waals surface area (Å²) in [6.07, 6.45) is 0. The maximum atomic E-state index is 13.6. The number of aliphatic hydroxyl groups excluding tert-OH is 1. The lowest BCUT2D eigenvalue weighted by Gasteiger charge is -2.27. The number of methoxy groups -OCH3 is 1. The number of aliphatic hydroxyl groups is 1. The Morgan fingerprint density at radius 2 is 1.53 bits per heavy atom. The van der Waals surface area contributed by atoms with E-state index in [9.17, 15) is 18.3 Å². The first-order valence-electron chi connectivity index (χ1n) is 9.72. The molecule has 0 aliphatic carbocycles. The molecule has 4 rings (SSSR count). The molecule has 1 aliphatic rings. The Labute approximate surface area is 194 Å². The summed E-state index contributed by atoms with van der Waals surface area (Å²) in [4.78, 5) is 14.1. The molecule has 32 heavy (non-hydrogen) atoms. The third-order valence-electron chi connectivity index (χ3n) is 5.32. The van der Waals surface area contributed by atoms with Crippen LogP contribution in [0.3, 0.4) is 0 Å². The smallest absolute Gasteiger partial charge is 0.295 e. The molecule has 1 N–H and O–H groups in total. The van der Waals surface area contributed by atoms with E-state index >= 15 is 0 Å². The highest BCUT2D eigenvalue weighted by atomic mass is 79.9. The summed E-state index contributed by atoms with van der Waals surface area (Å²) in [5, 5.41) is 10.8.